The highest BCUT2D eigenvalue weighted by molar-refractivity contribution is 5.59. The summed E-state index contributed by atoms with van der Waals surface area (Å²) in [5.74, 6) is 0. The summed E-state index contributed by atoms with van der Waals surface area (Å²) in [4.78, 5) is 6.69. The zero-order valence-electron chi connectivity index (χ0n) is 11.3. The number of nitrogens with zero attached hydrogens (tertiary/aromatic N) is 3. The molecule has 0 radical (unpaired) electrons. The van der Waals surface area contributed by atoms with Gasteiger partial charge in [0.25, 0.3) is 0 Å². The van der Waals surface area contributed by atoms with E-state index in [0.717, 1.165) is 36.2 Å². The maximum atomic E-state index is 9.16. The third-order valence-electron chi connectivity index (χ3n) is 3.39. The molecule has 4 heteroatoms. The van der Waals surface area contributed by atoms with Crippen molar-refractivity contribution < 1.29 is 0 Å². The van der Waals surface area contributed by atoms with Crippen molar-refractivity contribution >= 4 is 5.69 Å². The van der Waals surface area contributed by atoms with Gasteiger partial charge in [-0.25, -0.2) is 0 Å². The Labute approximate surface area is 109 Å². The first-order valence-electron chi connectivity index (χ1n) is 6.44. The van der Waals surface area contributed by atoms with Crippen LogP contribution in [0.4, 0.5) is 5.69 Å². The van der Waals surface area contributed by atoms with Gasteiger partial charge in [-0.05, 0) is 39.8 Å². The van der Waals surface area contributed by atoms with E-state index in [9.17, 15) is 0 Å². The van der Waals surface area contributed by atoms with E-state index in [1.165, 1.54) is 12.8 Å². The first-order valence-corrected chi connectivity index (χ1v) is 6.44. The molecule has 0 bridgehead atoms. The van der Waals surface area contributed by atoms with E-state index in [0.29, 0.717) is 5.56 Å². The SMILES string of the molecule is Cc1cc(NCCN(C)C2CC2)c(C#N)c(C)n1. The quantitative estimate of drug-likeness (QED) is 0.861. The van der Waals surface area contributed by atoms with Gasteiger partial charge >= 0.3 is 0 Å². The second kappa shape index (κ2) is 5.36. The molecule has 1 aromatic rings. The predicted octanol–water partition coefficient (Wildman–Crippen LogP) is 2.08. The van der Waals surface area contributed by atoms with E-state index in [2.05, 4.69) is 28.3 Å². The number of rotatable bonds is 5. The summed E-state index contributed by atoms with van der Waals surface area (Å²) in [6.07, 6.45) is 2.65. The molecule has 0 aliphatic heterocycles. The van der Waals surface area contributed by atoms with Gasteiger partial charge < -0.3 is 10.2 Å². The summed E-state index contributed by atoms with van der Waals surface area (Å²) in [6.45, 7) is 5.71. The molecule has 18 heavy (non-hydrogen) atoms. The third kappa shape index (κ3) is 2.99. The summed E-state index contributed by atoms with van der Waals surface area (Å²) in [5, 5.41) is 12.5. The fourth-order valence-corrected chi connectivity index (χ4v) is 2.17. The van der Waals surface area contributed by atoms with E-state index in [-0.39, 0.29) is 0 Å². The van der Waals surface area contributed by atoms with Crippen molar-refractivity contribution in [2.45, 2.75) is 32.7 Å². The number of pyridine rings is 1. The van der Waals surface area contributed by atoms with Gasteiger partial charge in [0.05, 0.1) is 16.9 Å². The van der Waals surface area contributed by atoms with Crippen molar-refractivity contribution in [3.8, 4) is 6.07 Å². The van der Waals surface area contributed by atoms with Crippen molar-refractivity contribution in [1.82, 2.24) is 9.88 Å². The van der Waals surface area contributed by atoms with Gasteiger partial charge in [-0.2, -0.15) is 5.26 Å². The number of nitrogens with one attached hydrogen (secondary N) is 1. The van der Waals surface area contributed by atoms with E-state index in [1.54, 1.807) is 0 Å². The molecular weight excluding hydrogens is 224 g/mol. The van der Waals surface area contributed by atoms with Crippen LogP contribution < -0.4 is 5.32 Å². The lowest BCUT2D eigenvalue weighted by molar-refractivity contribution is 0.337. The minimum atomic E-state index is 0.662. The second-order valence-corrected chi connectivity index (χ2v) is 5.02. The highest BCUT2D eigenvalue weighted by atomic mass is 15.2. The Bertz CT molecular complexity index is 471. The predicted molar refractivity (Wildman–Crippen MR) is 72.6 cm³/mol. The zero-order valence-corrected chi connectivity index (χ0v) is 11.3. The van der Waals surface area contributed by atoms with Crippen molar-refractivity contribution in [2.24, 2.45) is 0 Å². The Morgan fingerprint density at radius 3 is 2.83 bits per heavy atom. The molecule has 0 atom stereocenters. The van der Waals surface area contributed by atoms with Gasteiger partial charge in [-0.3, -0.25) is 4.98 Å². The summed E-state index contributed by atoms with van der Waals surface area (Å²) in [6, 6.07) is 4.95. The normalized spacial score (nSPS) is 14.6. The molecule has 1 aromatic heterocycles. The van der Waals surface area contributed by atoms with Gasteiger partial charge in [0.15, 0.2) is 0 Å². The Kier molecular flexibility index (Phi) is 3.83. The van der Waals surface area contributed by atoms with Crippen molar-refractivity contribution in [3.05, 3.63) is 23.0 Å². The lowest BCUT2D eigenvalue weighted by Crippen LogP contribution is -2.27. The smallest absolute Gasteiger partial charge is 0.103 e. The second-order valence-electron chi connectivity index (χ2n) is 5.02. The first-order chi connectivity index (χ1) is 8.61. The Morgan fingerprint density at radius 2 is 2.22 bits per heavy atom. The standard InChI is InChI=1S/C14H20N4/c1-10-8-14(13(9-15)11(2)17-10)16-6-7-18(3)12-4-5-12/h8,12H,4-7H2,1-3H3,(H,16,17). The largest absolute Gasteiger partial charge is 0.383 e. The molecule has 4 nitrogen and oxygen atoms in total. The van der Waals surface area contributed by atoms with Crippen LogP contribution in [0.5, 0.6) is 0 Å². The lowest BCUT2D eigenvalue weighted by atomic mass is 10.1. The van der Waals surface area contributed by atoms with Crippen LogP contribution in [-0.4, -0.2) is 36.1 Å². The Hall–Kier alpha value is -1.60. The van der Waals surface area contributed by atoms with Crippen LogP contribution in [0.1, 0.15) is 29.8 Å². The third-order valence-corrected chi connectivity index (χ3v) is 3.39. The van der Waals surface area contributed by atoms with Crippen LogP contribution in [0, 0.1) is 25.2 Å². The maximum absolute atomic E-state index is 9.16. The number of likely N-dealkylation sites (N-methyl/N-ethyl adjacent to an activating group) is 1. The molecule has 0 unspecified atom stereocenters. The number of nitriles is 1. The molecule has 1 saturated carbocycles. The van der Waals surface area contributed by atoms with Gasteiger partial charge in [-0.1, -0.05) is 0 Å². The van der Waals surface area contributed by atoms with Gasteiger partial charge in [0.2, 0.25) is 0 Å². The minimum Gasteiger partial charge on any atom is -0.383 e. The summed E-state index contributed by atoms with van der Waals surface area (Å²) in [5.41, 5.74) is 3.32. The van der Waals surface area contributed by atoms with E-state index >= 15 is 0 Å². The number of aromatic nitrogens is 1. The number of aryl methyl sites for hydroxylation is 2. The molecule has 0 amide bonds. The molecule has 1 N–H and O–H groups in total. The van der Waals surface area contributed by atoms with Crippen LogP contribution in [0.15, 0.2) is 6.07 Å². The molecule has 0 spiro atoms. The zero-order chi connectivity index (χ0) is 13.1. The summed E-state index contributed by atoms with van der Waals surface area (Å²) in [7, 11) is 2.16. The molecule has 2 rings (SSSR count). The highest BCUT2D eigenvalue weighted by Gasteiger charge is 2.25. The molecule has 1 heterocycles. The summed E-state index contributed by atoms with van der Waals surface area (Å²) >= 11 is 0. The molecule has 1 fully saturated rings. The number of hydrogen-bond donors (Lipinski definition) is 1. The average Bonchev–Trinajstić information content (AvgIpc) is 3.12. The van der Waals surface area contributed by atoms with Crippen LogP contribution >= 0.6 is 0 Å². The molecular formula is C14H20N4. The molecule has 0 aromatic carbocycles. The van der Waals surface area contributed by atoms with Crippen LogP contribution in [0.2, 0.25) is 0 Å². The molecule has 1 aliphatic rings. The number of hydrogen-bond acceptors (Lipinski definition) is 4. The van der Waals surface area contributed by atoms with Gasteiger partial charge in [0, 0.05) is 24.8 Å². The lowest BCUT2D eigenvalue weighted by Gasteiger charge is -2.17. The van der Waals surface area contributed by atoms with Crippen molar-refractivity contribution in [1.29, 1.82) is 5.26 Å². The minimum absolute atomic E-state index is 0.662. The van der Waals surface area contributed by atoms with Crippen LogP contribution in [0.25, 0.3) is 0 Å². The highest BCUT2D eigenvalue weighted by Crippen LogP contribution is 2.25. The average molecular weight is 244 g/mol. The van der Waals surface area contributed by atoms with E-state index in [4.69, 9.17) is 5.26 Å². The van der Waals surface area contributed by atoms with E-state index in [1.807, 2.05) is 19.9 Å². The fourth-order valence-electron chi connectivity index (χ4n) is 2.17. The van der Waals surface area contributed by atoms with Gasteiger partial charge in [0.1, 0.15) is 6.07 Å². The van der Waals surface area contributed by atoms with Crippen LogP contribution in [0.3, 0.4) is 0 Å². The van der Waals surface area contributed by atoms with Gasteiger partial charge in [-0.15, -0.1) is 0 Å². The van der Waals surface area contributed by atoms with Crippen molar-refractivity contribution in [2.75, 3.05) is 25.5 Å². The number of anilines is 1. The molecule has 96 valence electrons. The van der Waals surface area contributed by atoms with Crippen molar-refractivity contribution in [3.63, 3.8) is 0 Å². The monoisotopic (exact) mass is 244 g/mol. The van der Waals surface area contributed by atoms with E-state index < -0.39 is 0 Å². The first kappa shape index (κ1) is 12.8. The molecule has 1 aliphatic carbocycles. The summed E-state index contributed by atoms with van der Waals surface area (Å²) < 4.78 is 0. The maximum Gasteiger partial charge on any atom is 0.103 e. The van der Waals surface area contributed by atoms with Crippen LogP contribution in [-0.2, 0) is 0 Å². The Morgan fingerprint density at radius 1 is 1.50 bits per heavy atom. The fraction of sp³-hybridized carbons (Fsp3) is 0.571. The Balaban J connectivity index is 1.97. The molecule has 0 saturated heterocycles. The topological polar surface area (TPSA) is 52.0 Å².